The fraction of sp³-hybridized carbons (Fsp3) is 0.571. The highest BCUT2D eigenvalue weighted by Crippen LogP contribution is 2.51. The van der Waals surface area contributed by atoms with Gasteiger partial charge in [-0.1, -0.05) is 57.2 Å². The Labute approximate surface area is 273 Å². The fourth-order valence-corrected chi connectivity index (χ4v) is 8.66. The second-order valence-electron chi connectivity index (χ2n) is 15.1. The molecule has 242 valence electrons. The summed E-state index contributed by atoms with van der Waals surface area (Å²) in [4.78, 5) is 17.1. The van der Waals surface area contributed by atoms with Crippen LogP contribution in [-0.2, 0) is 23.9 Å². The van der Waals surface area contributed by atoms with Gasteiger partial charge in [0.25, 0.3) is 5.56 Å². The highest BCUT2D eigenvalue weighted by atomic mass is 35.5. The van der Waals surface area contributed by atoms with Crippen molar-refractivity contribution in [1.82, 2.24) is 28.8 Å². The van der Waals surface area contributed by atoms with Gasteiger partial charge in [-0.15, -0.1) is 10.2 Å². The molecule has 0 amide bonds. The predicted molar refractivity (Wildman–Crippen MR) is 185 cm³/mol. The molecule has 1 aromatic carbocycles. The minimum Gasteiger partial charge on any atom is -0.361 e. The van der Waals surface area contributed by atoms with Gasteiger partial charge in [0.15, 0.2) is 0 Å². The Balaban J connectivity index is 1.44. The summed E-state index contributed by atoms with van der Waals surface area (Å²) in [5.74, 6) is 2.21. The molecule has 0 bridgehead atoms. The van der Waals surface area contributed by atoms with E-state index in [-0.39, 0.29) is 17.0 Å². The molecule has 2 fully saturated rings. The molecular formula is C35H49ClN6O2Si. The van der Waals surface area contributed by atoms with Gasteiger partial charge in [0.05, 0.1) is 10.4 Å². The van der Waals surface area contributed by atoms with E-state index in [1.165, 1.54) is 12.8 Å². The lowest BCUT2D eigenvalue weighted by Crippen LogP contribution is -2.43. The smallest absolute Gasteiger partial charge is 0.279 e. The summed E-state index contributed by atoms with van der Waals surface area (Å²) in [5.41, 5.74) is 3.33. The molecule has 1 saturated carbocycles. The van der Waals surface area contributed by atoms with Crippen molar-refractivity contribution in [3.05, 3.63) is 75.3 Å². The lowest BCUT2D eigenvalue weighted by atomic mass is 9.58. The van der Waals surface area contributed by atoms with Crippen LogP contribution in [0.1, 0.15) is 69.6 Å². The summed E-state index contributed by atoms with van der Waals surface area (Å²) in [6.07, 6.45) is 8.00. The Morgan fingerprint density at radius 3 is 2.60 bits per heavy atom. The van der Waals surface area contributed by atoms with Crippen molar-refractivity contribution >= 4 is 30.6 Å². The second kappa shape index (κ2) is 12.5. The van der Waals surface area contributed by atoms with E-state index in [9.17, 15) is 4.79 Å². The van der Waals surface area contributed by atoms with Gasteiger partial charge in [-0.2, -0.15) is 0 Å². The van der Waals surface area contributed by atoms with E-state index in [2.05, 4.69) is 78.3 Å². The van der Waals surface area contributed by atoms with E-state index >= 15 is 0 Å². The molecule has 0 spiro atoms. The number of ether oxygens (including phenoxy) is 1. The molecular weight excluding hydrogens is 600 g/mol. The van der Waals surface area contributed by atoms with Crippen molar-refractivity contribution in [3.8, 4) is 5.69 Å². The van der Waals surface area contributed by atoms with E-state index in [1.807, 2.05) is 23.7 Å². The van der Waals surface area contributed by atoms with E-state index in [0.29, 0.717) is 35.7 Å². The van der Waals surface area contributed by atoms with Gasteiger partial charge in [0, 0.05) is 57.3 Å². The molecule has 8 nitrogen and oxygen atoms in total. The third kappa shape index (κ3) is 6.21. The Hall–Kier alpha value is -2.72. The monoisotopic (exact) mass is 648 g/mol. The first-order chi connectivity index (χ1) is 21.4. The van der Waals surface area contributed by atoms with Crippen LogP contribution in [0.15, 0.2) is 47.7 Å². The maximum absolute atomic E-state index is 14.5. The van der Waals surface area contributed by atoms with Gasteiger partial charge < -0.3 is 13.9 Å². The zero-order valence-electron chi connectivity index (χ0n) is 28.0. The van der Waals surface area contributed by atoms with Crippen LogP contribution in [0.3, 0.4) is 0 Å². The zero-order valence-corrected chi connectivity index (χ0v) is 29.8. The van der Waals surface area contributed by atoms with Crippen molar-refractivity contribution < 1.29 is 4.74 Å². The number of rotatable bonds is 10. The lowest BCUT2D eigenvalue weighted by Gasteiger charge is -2.46. The van der Waals surface area contributed by atoms with Gasteiger partial charge in [0.1, 0.15) is 24.4 Å². The highest BCUT2D eigenvalue weighted by Gasteiger charge is 2.48. The number of fused-ring (bicyclic) bond motifs is 1. The average Bonchev–Trinajstić information content (AvgIpc) is 3.59. The first kappa shape index (κ1) is 32.2. The zero-order chi connectivity index (χ0) is 32.1. The molecule has 1 saturated heterocycles. The van der Waals surface area contributed by atoms with Gasteiger partial charge in [-0.25, -0.2) is 0 Å². The number of halogens is 1. The topological polar surface area (TPSA) is 70.1 Å². The maximum atomic E-state index is 14.5. The first-order valence-corrected chi connectivity index (χ1v) is 20.7. The molecule has 3 aromatic heterocycles. The molecule has 4 heterocycles. The summed E-state index contributed by atoms with van der Waals surface area (Å²) < 4.78 is 12.2. The summed E-state index contributed by atoms with van der Waals surface area (Å²) in [7, 11) is 0.743. The lowest BCUT2D eigenvalue weighted by molar-refractivity contribution is 0.0799. The largest absolute Gasteiger partial charge is 0.361 e. The number of aryl methyl sites for hydroxylation is 1. The minimum absolute atomic E-state index is 0.0829. The molecule has 1 aliphatic heterocycles. The number of nitrogens with zero attached hydrogens (tertiary/aromatic N) is 6. The van der Waals surface area contributed by atoms with Crippen LogP contribution < -0.4 is 5.56 Å². The second-order valence-corrected chi connectivity index (χ2v) is 21.1. The predicted octanol–water partition coefficient (Wildman–Crippen LogP) is 7.40. The molecule has 1 unspecified atom stereocenters. The van der Waals surface area contributed by atoms with E-state index < -0.39 is 8.07 Å². The molecule has 0 radical (unpaired) electrons. The van der Waals surface area contributed by atoms with Crippen LogP contribution in [0, 0.1) is 11.8 Å². The van der Waals surface area contributed by atoms with Gasteiger partial charge in [-0.3, -0.25) is 14.3 Å². The fourth-order valence-electron chi connectivity index (χ4n) is 7.66. The van der Waals surface area contributed by atoms with Gasteiger partial charge >= 0.3 is 0 Å². The highest BCUT2D eigenvalue weighted by molar-refractivity contribution is 6.76. The molecule has 2 aliphatic rings. The van der Waals surface area contributed by atoms with Crippen LogP contribution in [0.4, 0.5) is 0 Å². The molecule has 0 N–H and O–H groups in total. The van der Waals surface area contributed by atoms with Crippen molar-refractivity contribution in [1.29, 1.82) is 0 Å². The molecule has 10 heteroatoms. The Morgan fingerprint density at radius 2 is 1.93 bits per heavy atom. The summed E-state index contributed by atoms with van der Waals surface area (Å²) in [5, 5.41) is 10.1. The van der Waals surface area contributed by atoms with Crippen LogP contribution in [0.5, 0.6) is 0 Å². The van der Waals surface area contributed by atoms with Crippen molar-refractivity contribution in [2.75, 3.05) is 19.7 Å². The first-order valence-electron chi connectivity index (χ1n) is 16.6. The SMILES string of the molecule is CC1CC(c2cccc(-n3cc(Cl)c4cc(C(C)N5CCC[C@H](C)C5)n(COCC[Si](C)(C)C)c4c3=O)c2)(c2nncn2C)C1. The number of aromatic nitrogens is 5. The third-order valence-corrected chi connectivity index (χ3v) is 12.1. The van der Waals surface area contributed by atoms with Crippen molar-refractivity contribution in [3.63, 3.8) is 0 Å². The summed E-state index contributed by atoms with van der Waals surface area (Å²) in [6, 6.07) is 11.7. The Bertz CT molecular complexity index is 1730. The van der Waals surface area contributed by atoms with E-state index in [4.69, 9.17) is 16.3 Å². The van der Waals surface area contributed by atoms with Gasteiger partial charge in [-0.05, 0) is 80.8 Å². The van der Waals surface area contributed by atoms with Crippen LogP contribution in [0.2, 0.25) is 30.7 Å². The Kier molecular flexibility index (Phi) is 8.93. The van der Waals surface area contributed by atoms with Crippen molar-refractivity contribution in [2.45, 2.75) is 90.3 Å². The van der Waals surface area contributed by atoms with E-state index in [1.54, 1.807) is 17.1 Å². The number of likely N-dealkylation sites (tertiary alicyclic amines) is 1. The molecule has 2 atom stereocenters. The number of hydrogen-bond donors (Lipinski definition) is 0. The normalized spacial score (nSPS) is 23.4. The summed E-state index contributed by atoms with van der Waals surface area (Å²) >= 11 is 7.05. The number of hydrogen-bond acceptors (Lipinski definition) is 5. The minimum atomic E-state index is -1.26. The maximum Gasteiger partial charge on any atom is 0.279 e. The number of pyridine rings is 1. The quantitative estimate of drug-likeness (QED) is 0.132. The van der Waals surface area contributed by atoms with E-state index in [0.717, 1.165) is 60.1 Å². The van der Waals surface area contributed by atoms with Crippen molar-refractivity contribution in [2.24, 2.45) is 18.9 Å². The third-order valence-electron chi connectivity index (χ3n) is 10.1. The molecule has 6 rings (SSSR count). The summed E-state index contributed by atoms with van der Waals surface area (Å²) in [6.45, 7) is 17.1. The molecule has 4 aromatic rings. The number of piperidine rings is 1. The Morgan fingerprint density at radius 1 is 1.16 bits per heavy atom. The van der Waals surface area contributed by atoms with Crippen LogP contribution in [-0.4, -0.2) is 56.6 Å². The van der Waals surface area contributed by atoms with Crippen LogP contribution >= 0.6 is 11.6 Å². The van der Waals surface area contributed by atoms with Gasteiger partial charge in [0.2, 0.25) is 0 Å². The molecule has 45 heavy (non-hydrogen) atoms. The average molecular weight is 649 g/mol. The van der Waals surface area contributed by atoms with Crippen LogP contribution in [0.25, 0.3) is 16.6 Å². The number of benzene rings is 1. The standard InChI is InChI=1S/C35H49ClN6O2Si/c1-24-10-9-13-40(20-24)26(3)31-17-29-30(36)21-41(33(43)32(29)42(31)23-44-14-15-45(5,6)7)28-12-8-11-27(16-28)35(18-25(2)19-35)34-38-37-22-39(34)4/h8,11-12,16-17,21-22,24-26H,9-10,13-15,18-20,23H2,1-7H3/t24-,25?,26?,35?/m0/s1. The molecule has 1 aliphatic carbocycles.